The van der Waals surface area contributed by atoms with E-state index >= 15 is 0 Å². The normalized spacial score (nSPS) is 14.0. The van der Waals surface area contributed by atoms with Crippen LogP contribution in [0.2, 0.25) is 0 Å². The van der Waals surface area contributed by atoms with Crippen LogP contribution < -0.4 is 9.62 Å². The first-order valence-electron chi connectivity index (χ1n) is 7.42. The molecule has 10 heteroatoms. The van der Waals surface area contributed by atoms with Crippen molar-refractivity contribution in [1.29, 1.82) is 0 Å². The second-order valence-corrected chi connectivity index (χ2v) is 7.54. The van der Waals surface area contributed by atoms with Crippen molar-refractivity contribution in [3.8, 4) is 0 Å². The molecule has 1 N–H and O–H groups in total. The zero-order valence-electron chi connectivity index (χ0n) is 13.3. The summed E-state index contributed by atoms with van der Waals surface area (Å²) in [6, 6.07) is 7.28. The molecular weight excluding hydrogens is 350 g/mol. The first kappa shape index (κ1) is 17.0. The largest absolute Gasteiger partial charge is 0.433 e. The van der Waals surface area contributed by atoms with Gasteiger partial charge in [-0.15, -0.1) is 0 Å². The van der Waals surface area contributed by atoms with Gasteiger partial charge in [-0.2, -0.15) is 0 Å². The lowest BCUT2D eigenvalue weighted by molar-refractivity contribution is -0.402. The van der Waals surface area contributed by atoms with Crippen molar-refractivity contribution in [2.45, 2.75) is 12.8 Å². The van der Waals surface area contributed by atoms with Gasteiger partial charge in [-0.1, -0.05) is 6.07 Å². The number of anilines is 2. The fourth-order valence-corrected chi connectivity index (χ4v) is 3.69. The molecule has 0 radical (unpaired) electrons. The minimum absolute atomic E-state index is 0.204. The maximum atomic E-state index is 12.1. The summed E-state index contributed by atoms with van der Waals surface area (Å²) in [5.74, 6) is -1.39. The molecule has 0 saturated carbocycles. The number of sulfonamides is 1. The number of fused-ring (bicyclic) bond motifs is 1. The van der Waals surface area contributed by atoms with Crippen molar-refractivity contribution in [3.63, 3.8) is 0 Å². The van der Waals surface area contributed by atoms with Gasteiger partial charge in [0.1, 0.15) is 4.92 Å². The molecule has 0 spiro atoms. The van der Waals surface area contributed by atoms with Crippen LogP contribution in [-0.4, -0.2) is 32.0 Å². The van der Waals surface area contributed by atoms with Gasteiger partial charge in [0.25, 0.3) is 5.91 Å². The van der Waals surface area contributed by atoms with E-state index in [2.05, 4.69) is 5.32 Å². The number of nitro groups is 1. The predicted octanol–water partition coefficient (Wildman–Crippen LogP) is 2.15. The highest BCUT2D eigenvalue weighted by molar-refractivity contribution is 7.92. The van der Waals surface area contributed by atoms with Crippen molar-refractivity contribution >= 4 is 33.2 Å². The quantitative estimate of drug-likeness (QED) is 0.654. The molecule has 9 nitrogen and oxygen atoms in total. The summed E-state index contributed by atoms with van der Waals surface area (Å²) in [5.41, 5.74) is 1.78. The van der Waals surface area contributed by atoms with Crippen LogP contribution in [-0.2, 0) is 16.4 Å². The molecule has 1 aliphatic heterocycles. The van der Waals surface area contributed by atoms with Crippen molar-refractivity contribution in [2.75, 3.05) is 22.4 Å². The Morgan fingerprint density at radius 2 is 2.08 bits per heavy atom. The lowest BCUT2D eigenvalue weighted by atomic mass is 10.0. The first-order chi connectivity index (χ1) is 11.8. The number of carbonyl (C=O) groups excluding carboxylic acids is 1. The smallest absolute Gasteiger partial charge is 0.395 e. The summed E-state index contributed by atoms with van der Waals surface area (Å²) >= 11 is 0. The van der Waals surface area contributed by atoms with Gasteiger partial charge in [0, 0.05) is 12.2 Å². The van der Waals surface area contributed by atoms with E-state index in [1.54, 1.807) is 18.2 Å². The summed E-state index contributed by atoms with van der Waals surface area (Å²) in [4.78, 5) is 22.0. The molecule has 2 aromatic rings. The number of carbonyl (C=O) groups is 1. The van der Waals surface area contributed by atoms with Crippen LogP contribution >= 0.6 is 0 Å². The Balaban J connectivity index is 1.86. The highest BCUT2D eigenvalue weighted by atomic mass is 32.2. The third-order valence-electron chi connectivity index (χ3n) is 3.82. The predicted molar refractivity (Wildman–Crippen MR) is 90.3 cm³/mol. The molecule has 0 aliphatic carbocycles. The molecule has 0 fully saturated rings. The van der Waals surface area contributed by atoms with Crippen molar-refractivity contribution in [1.82, 2.24) is 0 Å². The Morgan fingerprint density at radius 1 is 1.32 bits per heavy atom. The molecule has 1 aromatic carbocycles. The maximum Gasteiger partial charge on any atom is 0.433 e. The number of amides is 1. The average Bonchev–Trinajstić information content (AvgIpc) is 3.03. The van der Waals surface area contributed by atoms with Gasteiger partial charge in [0.15, 0.2) is 5.76 Å². The molecule has 3 rings (SSSR count). The Labute approximate surface area is 143 Å². The van der Waals surface area contributed by atoms with E-state index in [0.717, 1.165) is 30.7 Å². The average molecular weight is 365 g/mol. The van der Waals surface area contributed by atoms with Crippen LogP contribution in [0.25, 0.3) is 0 Å². The summed E-state index contributed by atoms with van der Waals surface area (Å²) < 4.78 is 30.0. The molecule has 0 atom stereocenters. The Hall–Kier alpha value is -2.88. The number of nitrogens with zero attached hydrogens (tertiary/aromatic N) is 2. The second-order valence-electron chi connectivity index (χ2n) is 5.63. The summed E-state index contributed by atoms with van der Waals surface area (Å²) in [6.07, 6.45) is 2.61. The number of rotatable bonds is 4. The minimum atomic E-state index is -3.42. The summed E-state index contributed by atoms with van der Waals surface area (Å²) in [7, 11) is -3.42. The molecule has 1 aromatic heterocycles. The third-order valence-corrected chi connectivity index (χ3v) is 4.99. The van der Waals surface area contributed by atoms with Crippen molar-refractivity contribution in [2.24, 2.45) is 0 Å². The summed E-state index contributed by atoms with van der Waals surface area (Å²) in [5, 5.41) is 13.2. The second kappa shape index (κ2) is 6.20. The minimum Gasteiger partial charge on any atom is -0.395 e. The number of aryl methyl sites for hydroxylation is 1. The van der Waals surface area contributed by atoms with Crippen LogP contribution in [0.1, 0.15) is 22.5 Å². The topological polar surface area (TPSA) is 123 Å². The molecule has 0 unspecified atom stereocenters. The number of hydrogen-bond acceptors (Lipinski definition) is 6. The summed E-state index contributed by atoms with van der Waals surface area (Å²) in [6.45, 7) is 0.383. The fourth-order valence-electron chi connectivity index (χ4n) is 2.70. The fraction of sp³-hybridized carbons (Fsp3) is 0.267. The first-order valence-corrected chi connectivity index (χ1v) is 9.27. The van der Waals surface area contributed by atoms with Crippen LogP contribution in [0.4, 0.5) is 17.3 Å². The van der Waals surface area contributed by atoms with Crippen LogP contribution in [0.3, 0.4) is 0 Å². The van der Waals surface area contributed by atoms with Crippen LogP contribution in [0.15, 0.2) is 34.7 Å². The van der Waals surface area contributed by atoms with Gasteiger partial charge >= 0.3 is 5.88 Å². The highest BCUT2D eigenvalue weighted by Gasteiger charge is 2.25. The molecule has 0 bridgehead atoms. The molecule has 2 heterocycles. The maximum absolute atomic E-state index is 12.1. The Bertz CT molecular complexity index is 950. The van der Waals surface area contributed by atoms with E-state index in [0.29, 0.717) is 17.9 Å². The number of benzene rings is 1. The SMILES string of the molecule is CS(=O)(=O)N1CCCc2ccc(NC(=O)c3ccc([N+](=O)[O-])o3)cc21. The highest BCUT2D eigenvalue weighted by Crippen LogP contribution is 2.32. The van der Waals surface area contributed by atoms with E-state index in [9.17, 15) is 23.3 Å². The third kappa shape index (κ3) is 3.48. The molecule has 132 valence electrons. The number of hydrogen-bond donors (Lipinski definition) is 1. The lowest BCUT2D eigenvalue weighted by Crippen LogP contribution is -2.34. The Morgan fingerprint density at radius 3 is 2.72 bits per heavy atom. The van der Waals surface area contributed by atoms with E-state index in [4.69, 9.17) is 4.42 Å². The lowest BCUT2D eigenvalue weighted by Gasteiger charge is -2.29. The zero-order chi connectivity index (χ0) is 18.2. The molecule has 0 saturated heterocycles. The van der Waals surface area contributed by atoms with Crippen molar-refractivity contribution in [3.05, 3.63) is 51.8 Å². The molecule has 1 amide bonds. The van der Waals surface area contributed by atoms with Crippen LogP contribution in [0, 0.1) is 10.1 Å². The van der Waals surface area contributed by atoms with Crippen LogP contribution in [0.5, 0.6) is 0 Å². The Kier molecular flexibility index (Phi) is 4.21. The van der Waals surface area contributed by atoms with Gasteiger partial charge < -0.3 is 9.73 Å². The number of furan rings is 1. The standard InChI is InChI=1S/C15H15N3O6S/c1-25(22,23)17-8-2-3-10-4-5-11(9-12(10)17)16-15(19)13-6-7-14(24-13)18(20)21/h4-7,9H,2-3,8H2,1H3,(H,16,19). The van der Waals surface area contributed by atoms with Gasteiger partial charge in [-0.3, -0.25) is 19.2 Å². The zero-order valence-corrected chi connectivity index (χ0v) is 14.1. The molecular formula is C15H15N3O6S. The van der Waals surface area contributed by atoms with E-state index in [-0.39, 0.29) is 5.76 Å². The number of nitrogens with one attached hydrogen (secondary N) is 1. The van der Waals surface area contributed by atoms with E-state index < -0.39 is 26.7 Å². The molecule has 1 aliphatic rings. The van der Waals surface area contributed by atoms with Gasteiger partial charge in [-0.05, 0) is 36.6 Å². The van der Waals surface area contributed by atoms with Gasteiger partial charge in [-0.25, -0.2) is 8.42 Å². The van der Waals surface area contributed by atoms with E-state index in [1.165, 1.54) is 10.4 Å². The monoisotopic (exact) mass is 365 g/mol. The van der Waals surface area contributed by atoms with Gasteiger partial charge in [0.2, 0.25) is 10.0 Å². The van der Waals surface area contributed by atoms with Gasteiger partial charge in [0.05, 0.1) is 18.0 Å². The van der Waals surface area contributed by atoms with E-state index in [1.807, 2.05) is 0 Å². The molecule has 25 heavy (non-hydrogen) atoms. The van der Waals surface area contributed by atoms with Crippen molar-refractivity contribution < 1.29 is 22.6 Å².